The second-order valence-corrected chi connectivity index (χ2v) is 4.71. The molecule has 19 heavy (non-hydrogen) atoms. The molecule has 0 saturated carbocycles. The van der Waals surface area contributed by atoms with Crippen molar-refractivity contribution in [2.45, 2.75) is 44.9 Å². The number of amides is 1. The molecule has 2 N–H and O–H groups in total. The second-order valence-electron chi connectivity index (χ2n) is 4.71. The molecule has 0 aromatic carbocycles. The van der Waals surface area contributed by atoms with Crippen molar-refractivity contribution in [2.24, 2.45) is 0 Å². The van der Waals surface area contributed by atoms with Gasteiger partial charge in [-0.1, -0.05) is 0 Å². The Bertz CT molecular complexity index is 481. The highest BCUT2D eigenvalue weighted by Crippen LogP contribution is 2.22. The monoisotopic (exact) mass is 267 g/mol. The average Bonchev–Trinajstić information content (AvgIpc) is 2.96. The van der Waals surface area contributed by atoms with Gasteiger partial charge in [0.15, 0.2) is 6.10 Å². The lowest BCUT2D eigenvalue weighted by atomic mass is 10.1. The lowest BCUT2D eigenvalue weighted by molar-refractivity contribution is -0.151. The van der Waals surface area contributed by atoms with Gasteiger partial charge in [-0.15, -0.1) is 0 Å². The molecule has 3 atom stereocenters. The molecular formula is C13H17NO5. The van der Waals surface area contributed by atoms with E-state index in [1.807, 2.05) is 13.0 Å². The molecule has 0 bridgehead atoms. The smallest absolute Gasteiger partial charge is 0.332 e. The molecule has 2 rings (SSSR count). The van der Waals surface area contributed by atoms with Crippen molar-refractivity contribution in [1.82, 2.24) is 5.32 Å². The van der Waals surface area contributed by atoms with Crippen LogP contribution in [0.5, 0.6) is 0 Å². The first kappa shape index (κ1) is 13.6. The zero-order valence-corrected chi connectivity index (χ0v) is 10.9. The van der Waals surface area contributed by atoms with Crippen LogP contribution < -0.4 is 5.32 Å². The Kier molecular flexibility index (Phi) is 3.90. The number of carboxylic acids is 1. The van der Waals surface area contributed by atoms with Crippen molar-refractivity contribution >= 4 is 11.9 Å². The summed E-state index contributed by atoms with van der Waals surface area (Å²) in [5.74, 6) is 0.119. The predicted octanol–water partition coefficient (Wildman–Crippen LogP) is 1.40. The van der Waals surface area contributed by atoms with Crippen LogP contribution in [0.15, 0.2) is 16.5 Å². The zero-order valence-electron chi connectivity index (χ0n) is 10.9. The van der Waals surface area contributed by atoms with E-state index in [4.69, 9.17) is 14.3 Å². The Hall–Kier alpha value is -1.82. The number of nitrogens with one attached hydrogen (secondary N) is 1. The molecule has 104 valence electrons. The van der Waals surface area contributed by atoms with Crippen LogP contribution in [0, 0.1) is 6.92 Å². The maximum Gasteiger partial charge on any atom is 0.332 e. The van der Waals surface area contributed by atoms with Crippen LogP contribution in [0.3, 0.4) is 0 Å². The van der Waals surface area contributed by atoms with E-state index in [2.05, 4.69) is 5.32 Å². The first-order chi connectivity index (χ1) is 8.97. The van der Waals surface area contributed by atoms with E-state index in [9.17, 15) is 9.59 Å². The van der Waals surface area contributed by atoms with Crippen molar-refractivity contribution in [3.63, 3.8) is 0 Å². The van der Waals surface area contributed by atoms with Gasteiger partial charge in [0.1, 0.15) is 17.6 Å². The van der Waals surface area contributed by atoms with Gasteiger partial charge in [0.05, 0.1) is 6.04 Å². The van der Waals surface area contributed by atoms with Crippen molar-refractivity contribution in [3.8, 4) is 0 Å². The summed E-state index contributed by atoms with van der Waals surface area (Å²) < 4.78 is 10.6. The lowest BCUT2D eigenvalue weighted by Crippen LogP contribution is -2.36. The largest absolute Gasteiger partial charge is 0.479 e. The Labute approximate surface area is 110 Å². The summed E-state index contributed by atoms with van der Waals surface area (Å²) in [7, 11) is 0. The van der Waals surface area contributed by atoms with Crippen LogP contribution in [0.2, 0.25) is 0 Å². The lowest BCUT2D eigenvalue weighted by Gasteiger charge is -2.15. The van der Waals surface area contributed by atoms with E-state index < -0.39 is 18.2 Å². The van der Waals surface area contributed by atoms with Crippen LogP contribution in [-0.4, -0.2) is 29.2 Å². The quantitative estimate of drug-likeness (QED) is 0.860. The third-order valence-corrected chi connectivity index (χ3v) is 3.13. The third kappa shape index (κ3) is 3.14. The normalized spacial score (nSPS) is 24.1. The predicted molar refractivity (Wildman–Crippen MR) is 65.5 cm³/mol. The summed E-state index contributed by atoms with van der Waals surface area (Å²) >= 11 is 0. The summed E-state index contributed by atoms with van der Waals surface area (Å²) in [5.41, 5.74) is 0. The van der Waals surface area contributed by atoms with E-state index in [0.29, 0.717) is 18.6 Å². The maximum atomic E-state index is 11.9. The third-order valence-electron chi connectivity index (χ3n) is 3.13. The number of ether oxygens (including phenoxy) is 1. The number of aliphatic carboxylic acids is 1. The standard InChI is InChI=1S/C13H17NO5/c1-7-3-4-9(18-7)8(2)14-12(15)10-5-6-11(19-10)13(16)17/h3-4,8,10-11H,5-6H2,1-2H3,(H,14,15)(H,16,17)/t8?,10-,11+/m0/s1. The molecule has 1 saturated heterocycles. The summed E-state index contributed by atoms with van der Waals surface area (Å²) in [4.78, 5) is 22.7. The zero-order chi connectivity index (χ0) is 14.0. The first-order valence-electron chi connectivity index (χ1n) is 6.22. The summed E-state index contributed by atoms with van der Waals surface area (Å²) in [6.07, 6.45) is -0.787. The number of carbonyl (C=O) groups excluding carboxylic acids is 1. The molecule has 1 aliphatic rings. The molecule has 6 heteroatoms. The van der Waals surface area contributed by atoms with Crippen LogP contribution in [0.25, 0.3) is 0 Å². The van der Waals surface area contributed by atoms with Crippen LogP contribution in [0.1, 0.15) is 37.3 Å². The van der Waals surface area contributed by atoms with Crippen molar-refractivity contribution in [3.05, 3.63) is 23.7 Å². The SMILES string of the molecule is Cc1ccc(C(C)NC(=O)[C@@H]2CC[C@H](C(=O)O)O2)o1. The highest BCUT2D eigenvalue weighted by Gasteiger charge is 2.35. The van der Waals surface area contributed by atoms with Gasteiger partial charge in [-0.3, -0.25) is 4.79 Å². The van der Waals surface area contributed by atoms with Gasteiger partial charge in [0, 0.05) is 0 Å². The van der Waals surface area contributed by atoms with Crippen molar-refractivity contribution in [2.75, 3.05) is 0 Å². The van der Waals surface area contributed by atoms with Gasteiger partial charge >= 0.3 is 5.97 Å². The van der Waals surface area contributed by atoms with E-state index in [1.165, 1.54) is 0 Å². The molecule has 0 spiro atoms. The molecule has 1 fully saturated rings. The summed E-state index contributed by atoms with van der Waals surface area (Å²) in [6, 6.07) is 3.36. The second kappa shape index (κ2) is 5.44. The van der Waals surface area contributed by atoms with E-state index in [0.717, 1.165) is 5.76 Å². The minimum Gasteiger partial charge on any atom is -0.479 e. The molecule has 1 unspecified atom stereocenters. The fraction of sp³-hybridized carbons (Fsp3) is 0.538. The van der Waals surface area contributed by atoms with E-state index in [-0.39, 0.29) is 11.9 Å². The van der Waals surface area contributed by atoms with Crippen molar-refractivity contribution < 1.29 is 23.8 Å². The molecule has 1 aliphatic heterocycles. The summed E-state index contributed by atoms with van der Waals surface area (Å²) in [6.45, 7) is 3.63. The molecule has 2 heterocycles. The molecule has 6 nitrogen and oxygen atoms in total. The van der Waals surface area contributed by atoms with Crippen molar-refractivity contribution in [1.29, 1.82) is 0 Å². The molecule has 0 aliphatic carbocycles. The first-order valence-corrected chi connectivity index (χ1v) is 6.22. The number of hydrogen-bond donors (Lipinski definition) is 2. The molecule has 1 amide bonds. The maximum absolute atomic E-state index is 11.9. The van der Waals surface area contributed by atoms with E-state index >= 15 is 0 Å². The Balaban J connectivity index is 1.89. The number of rotatable bonds is 4. The van der Waals surface area contributed by atoms with Gasteiger partial charge in [0.25, 0.3) is 0 Å². The van der Waals surface area contributed by atoms with Crippen LogP contribution in [-0.2, 0) is 14.3 Å². The minimum absolute atomic E-state index is 0.270. The number of hydrogen-bond acceptors (Lipinski definition) is 4. The molecule has 1 aromatic rings. The highest BCUT2D eigenvalue weighted by atomic mass is 16.5. The summed E-state index contributed by atoms with van der Waals surface area (Å²) in [5, 5.41) is 11.6. The highest BCUT2D eigenvalue weighted by molar-refractivity contribution is 5.82. The Morgan fingerprint density at radius 1 is 1.37 bits per heavy atom. The van der Waals surface area contributed by atoms with Gasteiger partial charge in [0.2, 0.25) is 5.91 Å². The number of aryl methyl sites for hydroxylation is 1. The van der Waals surface area contributed by atoms with Gasteiger partial charge in [-0.25, -0.2) is 4.79 Å². The van der Waals surface area contributed by atoms with Crippen LogP contribution in [0.4, 0.5) is 0 Å². The Morgan fingerprint density at radius 3 is 2.58 bits per heavy atom. The molecule has 0 radical (unpaired) electrons. The van der Waals surface area contributed by atoms with Gasteiger partial charge in [-0.05, 0) is 38.8 Å². The Morgan fingerprint density at radius 2 is 2.05 bits per heavy atom. The fourth-order valence-electron chi connectivity index (χ4n) is 2.08. The van der Waals surface area contributed by atoms with Gasteiger partial charge < -0.3 is 19.6 Å². The number of carboxylic acid groups (broad SMARTS) is 1. The molecule has 1 aromatic heterocycles. The minimum atomic E-state index is -1.02. The van der Waals surface area contributed by atoms with Crippen LogP contribution >= 0.6 is 0 Å². The number of carbonyl (C=O) groups is 2. The van der Waals surface area contributed by atoms with Gasteiger partial charge in [-0.2, -0.15) is 0 Å². The fourth-order valence-corrected chi connectivity index (χ4v) is 2.08. The molecular weight excluding hydrogens is 250 g/mol. The van der Waals surface area contributed by atoms with E-state index in [1.54, 1.807) is 13.0 Å². The topological polar surface area (TPSA) is 88.8 Å². The average molecular weight is 267 g/mol. The number of furan rings is 1.